The van der Waals surface area contributed by atoms with Gasteiger partial charge < -0.3 is 9.32 Å². The van der Waals surface area contributed by atoms with Gasteiger partial charge in [0.2, 0.25) is 0 Å². The van der Waals surface area contributed by atoms with Crippen molar-refractivity contribution in [1.82, 2.24) is 0 Å². The normalized spacial score (nSPS) is 11.2. The van der Waals surface area contributed by atoms with Crippen LogP contribution < -0.4 is 4.90 Å². The summed E-state index contributed by atoms with van der Waals surface area (Å²) in [6, 6.07) is 50.4. The van der Waals surface area contributed by atoms with Crippen LogP contribution in [-0.4, -0.2) is 0 Å². The molecule has 7 aromatic rings. The van der Waals surface area contributed by atoms with Crippen LogP contribution in [0, 0.1) is 0 Å². The van der Waals surface area contributed by atoms with Crippen molar-refractivity contribution in [3.05, 3.63) is 151 Å². The molecule has 7 rings (SSSR count). The van der Waals surface area contributed by atoms with E-state index in [9.17, 15) is 0 Å². The molecular weight excluding hydrogens is 498 g/mol. The van der Waals surface area contributed by atoms with E-state index in [0.717, 1.165) is 33.4 Å². The number of nitrogens with zero attached hydrogens (tertiary/aromatic N) is 1. The molecule has 2 nitrogen and oxygen atoms in total. The maximum atomic E-state index is 6.66. The van der Waals surface area contributed by atoms with Crippen LogP contribution in [0.3, 0.4) is 0 Å². The second-order valence-electron chi connectivity index (χ2n) is 9.53. The number of rotatable bonds is 5. The Bertz CT molecular complexity index is 1810. The lowest BCUT2D eigenvalue weighted by Crippen LogP contribution is -2.10. The Hall–Kier alpha value is -4.79. The number of furan rings is 1. The molecule has 0 fully saturated rings. The molecule has 6 aromatic carbocycles. The number of halogens is 1. The molecule has 0 bridgehead atoms. The van der Waals surface area contributed by atoms with Crippen molar-refractivity contribution in [2.24, 2.45) is 0 Å². The first-order valence-electron chi connectivity index (χ1n) is 13.0. The van der Waals surface area contributed by atoms with Gasteiger partial charge in [0.25, 0.3) is 0 Å². The van der Waals surface area contributed by atoms with Crippen LogP contribution >= 0.6 is 11.6 Å². The Labute approximate surface area is 232 Å². The van der Waals surface area contributed by atoms with E-state index in [1.54, 1.807) is 0 Å². The monoisotopic (exact) mass is 521 g/mol. The predicted molar refractivity (Wildman–Crippen MR) is 164 cm³/mol. The number of hydrogen-bond acceptors (Lipinski definition) is 2. The first kappa shape index (κ1) is 23.3. The fourth-order valence-corrected chi connectivity index (χ4v) is 5.46. The van der Waals surface area contributed by atoms with Gasteiger partial charge in [0.1, 0.15) is 5.58 Å². The third kappa shape index (κ3) is 4.25. The van der Waals surface area contributed by atoms with E-state index in [4.69, 9.17) is 16.0 Å². The quantitative estimate of drug-likeness (QED) is 0.224. The van der Waals surface area contributed by atoms with E-state index in [2.05, 4.69) is 114 Å². The largest absolute Gasteiger partial charge is 0.454 e. The summed E-state index contributed by atoms with van der Waals surface area (Å²) >= 11 is 6.66. The highest BCUT2D eigenvalue weighted by Crippen LogP contribution is 2.45. The van der Waals surface area contributed by atoms with Crippen molar-refractivity contribution in [3.8, 4) is 22.3 Å². The van der Waals surface area contributed by atoms with Crippen LogP contribution in [-0.2, 0) is 0 Å². The fourth-order valence-electron chi connectivity index (χ4n) is 5.26. The second-order valence-corrected chi connectivity index (χ2v) is 9.94. The molecule has 0 spiro atoms. The maximum Gasteiger partial charge on any atom is 0.156 e. The zero-order chi connectivity index (χ0) is 26.2. The molecule has 0 saturated carbocycles. The summed E-state index contributed by atoms with van der Waals surface area (Å²) in [7, 11) is 0. The van der Waals surface area contributed by atoms with Gasteiger partial charge in [0, 0.05) is 16.8 Å². The number of para-hydroxylation sites is 1. The lowest BCUT2D eigenvalue weighted by molar-refractivity contribution is 0.669. The standard InChI is InChI=1S/C36H24ClNO/c37-32-23-24-33(35-31-13-7-8-14-34(31)39-36(32)35)38(29-19-15-27(16-20-29)25-9-3-1-4-10-25)30-21-17-28(18-22-30)26-11-5-2-6-12-26/h1-24H. The van der Waals surface area contributed by atoms with Crippen LogP contribution in [0.2, 0.25) is 5.02 Å². The lowest BCUT2D eigenvalue weighted by atomic mass is 10.0. The zero-order valence-corrected chi connectivity index (χ0v) is 21.8. The molecular formula is C36H24ClNO. The Kier molecular flexibility index (Phi) is 5.88. The average molecular weight is 522 g/mol. The highest BCUT2D eigenvalue weighted by Gasteiger charge is 2.21. The number of anilines is 3. The summed E-state index contributed by atoms with van der Waals surface area (Å²) in [5, 5.41) is 2.64. The molecule has 186 valence electrons. The molecule has 3 heteroatoms. The molecule has 1 aromatic heterocycles. The van der Waals surface area contributed by atoms with E-state index in [-0.39, 0.29) is 0 Å². The van der Waals surface area contributed by atoms with Crippen LogP contribution in [0.5, 0.6) is 0 Å². The minimum atomic E-state index is 0.601. The summed E-state index contributed by atoms with van der Waals surface area (Å²) < 4.78 is 6.24. The first-order valence-corrected chi connectivity index (χ1v) is 13.3. The van der Waals surface area contributed by atoms with Crippen molar-refractivity contribution in [3.63, 3.8) is 0 Å². The van der Waals surface area contributed by atoms with Crippen LogP contribution in [0.15, 0.2) is 150 Å². The second kappa shape index (κ2) is 9.83. The molecule has 39 heavy (non-hydrogen) atoms. The maximum absolute atomic E-state index is 6.66. The molecule has 0 radical (unpaired) electrons. The molecule has 1 heterocycles. The van der Waals surface area contributed by atoms with Gasteiger partial charge in [-0.15, -0.1) is 0 Å². The van der Waals surface area contributed by atoms with E-state index in [0.29, 0.717) is 10.6 Å². The van der Waals surface area contributed by atoms with Gasteiger partial charge in [-0.3, -0.25) is 0 Å². The molecule has 0 unspecified atom stereocenters. The van der Waals surface area contributed by atoms with Gasteiger partial charge in [0.15, 0.2) is 5.58 Å². The van der Waals surface area contributed by atoms with Gasteiger partial charge in [-0.05, 0) is 64.7 Å². The van der Waals surface area contributed by atoms with Crippen molar-refractivity contribution < 1.29 is 4.42 Å². The molecule has 0 saturated heterocycles. The van der Waals surface area contributed by atoms with Crippen molar-refractivity contribution in [1.29, 1.82) is 0 Å². The van der Waals surface area contributed by atoms with Crippen LogP contribution in [0.1, 0.15) is 0 Å². The fraction of sp³-hybridized carbons (Fsp3) is 0. The number of fused-ring (bicyclic) bond motifs is 3. The van der Waals surface area contributed by atoms with Crippen LogP contribution in [0.4, 0.5) is 17.1 Å². The van der Waals surface area contributed by atoms with Gasteiger partial charge in [-0.1, -0.05) is 115 Å². The van der Waals surface area contributed by atoms with Crippen molar-refractivity contribution >= 4 is 50.6 Å². The number of hydrogen-bond donors (Lipinski definition) is 0. The van der Waals surface area contributed by atoms with Crippen LogP contribution in [0.25, 0.3) is 44.2 Å². The molecule has 0 aliphatic carbocycles. The molecule has 0 N–H and O–H groups in total. The minimum absolute atomic E-state index is 0.601. The van der Waals surface area contributed by atoms with E-state index >= 15 is 0 Å². The average Bonchev–Trinajstić information content (AvgIpc) is 3.41. The Morgan fingerprint density at radius 2 is 0.949 bits per heavy atom. The Morgan fingerprint density at radius 3 is 1.51 bits per heavy atom. The summed E-state index contributed by atoms with van der Waals surface area (Å²) in [6.45, 7) is 0. The first-order chi connectivity index (χ1) is 19.3. The Balaban J connectivity index is 1.42. The van der Waals surface area contributed by atoms with Crippen molar-refractivity contribution in [2.75, 3.05) is 4.90 Å². The summed E-state index contributed by atoms with van der Waals surface area (Å²) in [5.74, 6) is 0. The van der Waals surface area contributed by atoms with E-state index in [1.807, 2.05) is 36.4 Å². The SMILES string of the molecule is Clc1ccc(N(c2ccc(-c3ccccc3)cc2)c2ccc(-c3ccccc3)cc2)c2c1oc1ccccc12. The molecule has 0 amide bonds. The Morgan fingerprint density at radius 1 is 0.462 bits per heavy atom. The van der Waals surface area contributed by atoms with E-state index in [1.165, 1.54) is 22.3 Å². The smallest absolute Gasteiger partial charge is 0.156 e. The van der Waals surface area contributed by atoms with Gasteiger partial charge in [0.05, 0.1) is 16.1 Å². The highest BCUT2D eigenvalue weighted by molar-refractivity contribution is 6.36. The summed E-state index contributed by atoms with van der Waals surface area (Å²) in [4.78, 5) is 2.28. The van der Waals surface area contributed by atoms with Crippen molar-refractivity contribution in [2.45, 2.75) is 0 Å². The highest BCUT2D eigenvalue weighted by atomic mass is 35.5. The van der Waals surface area contributed by atoms with E-state index < -0.39 is 0 Å². The zero-order valence-electron chi connectivity index (χ0n) is 21.1. The minimum Gasteiger partial charge on any atom is -0.454 e. The lowest BCUT2D eigenvalue weighted by Gasteiger charge is -2.27. The topological polar surface area (TPSA) is 16.4 Å². The predicted octanol–water partition coefficient (Wildman–Crippen LogP) is 11.0. The summed E-state index contributed by atoms with van der Waals surface area (Å²) in [6.07, 6.45) is 0. The van der Waals surface area contributed by atoms with Gasteiger partial charge in [-0.2, -0.15) is 0 Å². The van der Waals surface area contributed by atoms with Gasteiger partial charge in [-0.25, -0.2) is 0 Å². The third-order valence-corrected chi connectivity index (χ3v) is 7.46. The van der Waals surface area contributed by atoms with Gasteiger partial charge >= 0.3 is 0 Å². The third-order valence-electron chi connectivity index (χ3n) is 7.16. The molecule has 0 aliphatic rings. The summed E-state index contributed by atoms with van der Waals surface area (Å²) in [5.41, 5.74) is 9.37. The number of benzene rings is 6. The molecule has 0 atom stereocenters. The molecule has 0 aliphatic heterocycles.